The highest BCUT2D eigenvalue weighted by Crippen LogP contribution is 2.04. The Hall–Kier alpha value is -2.54. The first-order valence-electron chi connectivity index (χ1n) is 8.05. The fourth-order valence-corrected chi connectivity index (χ4v) is 2.10. The molecule has 3 atom stereocenters. The van der Waals surface area contributed by atoms with Crippen molar-refractivity contribution in [2.24, 2.45) is 22.2 Å². The van der Waals surface area contributed by atoms with Crippen molar-refractivity contribution in [3.63, 3.8) is 0 Å². The monoisotopic (exact) mass is 406 g/mol. The molecule has 154 valence electrons. The smallest absolute Gasteiger partial charge is 0.326 e. The van der Waals surface area contributed by atoms with Crippen molar-refractivity contribution in [1.82, 2.24) is 10.6 Å². The Morgan fingerprint density at radius 2 is 1.59 bits per heavy atom. The number of nitrogens with zero attached hydrogens (tertiary/aromatic N) is 1. The Balaban J connectivity index is 5.04. The van der Waals surface area contributed by atoms with Crippen LogP contribution in [-0.4, -0.2) is 70.3 Å². The molecule has 13 heteroatoms. The molecule has 0 saturated carbocycles. The summed E-state index contributed by atoms with van der Waals surface area (Å²) in [7, 11) is 0. The number of aliphatic imine (C=N–C) groups is 1. The summed E-state index contributed by atoms with van der Waals surface area (Å²) in [6.07, 6.45) is -0.317. The fraction of sp³-hybridized carbons (Fsp3) is 0.643. The van der Waals surface area contributed by atoms with E-state index in [1.54, 1.807) is 0 Å². The number of carbonyl (C=O) groups is 4. The number of carboxylic acids is 2. The first-order valence-corrected chi connectivity index (χ1v) is 8.68. The van der Waals surface area contributed by atoms with Gasteiger partial charge in [0.1, 0.15) is 12.1 Å². The SMILES string of the molecule is NC(N)=NCCCC(NC(=O)C(N)CS)C(=O)NC(CCC(=O)O)C(=O)O. The highest BCUT2D eigenvalue weighted by Gasteiger charge is 2.27. The van der Waals surface area contributed by atoms with Gasteiger partial charge in [0.25, 0.3) is 0 Å². The standard InChI is InChI=1S/C14H26N6O6S/c15-7(6-27)11(23)19-8(2-1-5-18-14(16)17)12(24)20-9(13(25)26)3-4-10(21)22/h7-9,27H,1-6,15H2,(H,19,23)(H,20,24)(H,21,22)(H,25,26)(H4,16,17,18). The number of carbonyl (C=O) groups excluding carboxylic acids is 2. The Morgan fingerprint density at radius 3 is 2.07 bits per heavy atom. The van der Waals surface area contributed by atoms with Gasteiger partial charge in [-0.25, -0.2) is 4.79 Å². The van der Waals surface area contributed by atoms with Gasteiger partial charge in [-0.3, -0.25) is 19.4 Å². The van der Waals surface area contributed by atoms with Gasteiger partial charge < -0.3 is 38.0 Å². The Kier molecular flexibility index (Phi) is 11.6. The minimum atomic E-state index is -1.41. The van der Waals surface area contributed by atoms with Crippen LogP contribution in [0.15, 0.2) is 4.99 Å². The molecule has 10 N–H and O–H groups in total. The lowest BCUT2D eigenvalue weighted by Gasteiger charge is -2.22. The van der Waals surface area contributed by atoms with E-state index in [4.69, 9.17) is 27.4 Å². The van der Waals surface area contributed by atoms with E-state index in [9.17, 15) is 19.2 Å². The summed E-state index contributed by atoms with van der Waals surface area (Å²) in [4.78, 5) is 49.9. The minimum absolute atomic E-state index is 0.0462. The summed E-state index contributed by atoms with van der Waals surface area (Å²) in [6, 6.07) is -3.46. The van der Waals surface area contributed by atoms with E-state index in [0.29, 0.717) is 6.42 Å². The largest absolute Gasteiger partial charge is 0.481 e. The molecule has 3 unspecified atom stereocenters. The average molecular weight is 406 g/mol. The third kappa shape index (κ3) is 10.9. The van der Waals surface area contributed by atoms with E-state index < -0.39 is 48.3 Å². The van der Waals surface area contributed by atoms with Gasteiger partial charge in [-0.1, -0.05) is 0 Å². The molecule has 0 spiro atoms. The predicted molar refractivity (Wildman–Crippen MR) is 100 cm³/mol. The van der Waals surface area contributed by atoms with Gasteiger partial charge in [-0.15, -0.1) is 0 Å². The van der Waals surface area contributed by atoms with Crippen molar-refractivity contribution < 1.29 is 29.4 Å². The molecule has 2 amide bonds. The first kappa shape index (κ1) is 24.5. The normalized spacial score (nSPS) is 13.7. The fourth-order valence-electron chi connectivity index (χ4n) is 1.93. The first-order chi connectivity index (χ1) is 12.6. The van der Waals surface area contributed by atoms with E-state index in [1.807, 2.05) is 0 Å². The second-order valence-electron chi connectivity index (χ2n) is 5.63. The Morgan fingerprint density at radius 1 is 1.00 bits per heavy atom. The van der Waals surface area contributed by atoms with Crippen molar-refractivity contribution in [2.75, 3.05) is 12.3 Å². The molecule has 0 bridgehead atoms. The molecule has 0 radical (unpaired) electrons. The van der Waals surface area contributed by atoms with Gasteiger partial charge in [0.15, 0.2) is 5.96 Å². The van der Waals surface area contributed by atoms with E-state index in [-0.39, 0.29) is 31.1 Å². The predicted octanol–water partition coefficient (Wildman–Crippen LogP) is -2.78. The van der Waals surface area contributed by atoms with Crippen molar-refractivity contribution in [1.29, 1.82) is 0 Å². The zero-order valence-corrected chi connectivity index (χ0v) is 15.5. The second-order valence-corrected chi connectivity index (χ2v) is 6.00. The third-order valence-electron chi connectivity index (χ3n) is 3.37. The topological polar surface area (TPSA) is 223 Å². The second kappa shape index (κ2) is 12.8. The molecule has 0 aliphatic rings. The van der Waals surface area contributed by atoms with Crippen molar-refractivity contribution in [3.05, 3.63) is 0 Å². The van der Waals surface area contributed by atoms with Crippen molar-refractivity contribution >= 4 is 42.3 Å². The average Bonchev–Trinajstić information content (AvgIpc) is 2.59. The summed E-state index contributed by atoms with van der Waals surface area (Å²) in [5.41, 5.74) is 16.0. The zero-order valence-electron chi connectivity index (χ0n) is 14.6. The van der Waals surface area contributed by atoms with E-state index >= 15 is 0 Å². The highest BCUT2D eigenvalue weighted by molar-refractivity contribution is 7.80. The van der Waals surface area contributed by atoms with Crippen LogP contribution in [0.3, 0.4) is 0 Å². The summed E-state index contributed by atoms with van der Waals surface area (Å²) in [5.74, 6) is -4.08. The number of aliphatic carboxylic acids is 2. The molecule has 0 saturated heterocycles. The Bertz CT molecular complexity index is 568. The van der Waals surface area contributed by atoms with Crippen LogP contribution < -0.4 is 27.8 Å². The van der Waals surface area contributed by atoms with Crippen LogP contribution >= 0.6 is 12.6 Å². The molecule has 12 nitrogen and oxygen atoms in total. The summed E-state index contributed by atoms with van der Waals surface area (Å²) in [6.45, 7) is 0.196. The van der Waals surface area contributed by atoms with Gasteiger partial charge in [0.2, 0.25) is 11.8 Å². The zero-order chi connectivity index (χ0) is 21.0. The maximum absolute atomic E-state index is 12.4. The van der Waals surface area contributed by atoms with Crippen LogP contribution in [0.25, 0.3) is 0 Å². The maximum atomic E-state index is 12.4. The molecule has 0 aliphatic carbocycles. The lowest BCUT2D eigenvalue weighted by Crippen LogP contribution is -2.54. The van der Waals surface area contributed by atoms with Crippen LogP contribution in [0.4, 0.5) is 0 Å². The molecule has 0 aromatic rings. The number of nitrogens with two attached hydrogens (primary N) is 3. The quantitative estimate of drug-likeness (QED) is 0.0684. The van der Waals surface area contributed by atoms with E-state index in [2.05, 4.69) is 28.3 Å². The van der Waals surface area contributed by atoms with Crippen LogP contribution in [0.5, 0.6) is 0 Å². The van der Waals surface area contributed by atoms with Crippen molar-refractivity contribution in [3.8, 4) is 0 Å². The number of amides is 2. The lowest BCUT2D eigenvalue weighted by atomic mass is 10.1. The molecule has 0 aromatic heterocycles. The van der Waals surface area contributed by atoms with Crippen LogP contribution in [0.2, 0.25) is 0 Å². The van der Waals surface area contributed by atoms with Gasteiger partial charge in [-0.2, -0.15) is 12.6 Å². The minimum Gasteiger partial charge on any atom is -0.481 e. The number of nitrogens with one attached hydrogen (secondary N) is 2. The van der Waals surface area contributed by atoms with Crippen LogP contribution in [0, 0.1) is 0 Å². The molecule has 0 fully saturated rings. The molecular weight excluding hydrogens is 380 g/mol. The number of guanidine groups is 1. The van der Waals surface area contributed by atoms with Crippen molar-refractivity contribution in [2.45, 2.75) is 43.8 Å². The molecule has 0 rings (SSSR count). The van der Waals surface area contributed by atoms with E-state index in [1.165, 1.54) is 0 Å². The highest BCUT2D eigenvalue weighted by atomic mass is 32.1. The third-order valence-corrected chi connectivity index (χ3v) is 3.77. The van der Waals surface area contributed by atoms with Crippen LogP contribution in [-0.2, 0) is 19.2 Å². The number of carboxylic acid groups (broad SMARTS) is 2. The number of hydrogen-bond acceptors (Lipinski definition) is 7. The molecule has 0 heterocycles. The van der Waals surface area contributed by atoms with Gasteiger partial charge >= 0.3 is 11.9 Å². The molecular formula is C14H26N6O6S. The molecule has 0 aromatic carbocycles. The molecule has 27 heavy (non-hydrogen) atoms. The Labute approximate surface area is 161 Å². The van der Waals surface area contributed by atoms with Gasteiger partial charge in [0.05, 0.1) is 6.04 Å². The number of hydrogen-bond donors (Lipinski definition) is 8. The molecule has 0 aliphatic heterocycles. The number of thiol groups is 1. The lowest BCUT2D eigenvalue weighted by molar-refractivity contribution is -0.143. The van der Waals surface area contributed by atoms with Gasteiger partial charge in [0, 0.05) is 18.7 Å². The summed E-state index contributed by atoms with van der Waals surface area (Å²) >= 11 is 3.90. The summed E-state index contributed by atoms with van der Waals surface area (Å²) < 4.78 is 0. The van der Waals surface area contributed by atoms with Crippen LogP contribution in [0.1, 0.15) is 25.7 Å². The summed E-state index contributed by atoms with van der Waals surface area (Å²) in [5, 5.41) is 22.4. The maximum Gasteiger partial charge on any atom is 0.326 e. The van der Waals surface area contributed by atoms with Gasteiger partial charge in [-0.05, 0) is 19.3 Å². The van der Waals surface area contributed by atoms with E-state index in [0.717, 1.165) is 0 Å². The number of rotatable bonds is 13.